The van der Waals surface area contributed by atoms with Crippen molar-refractivity contribution in [3.63, 3.8) is 0 Å². The van der Waals surface area contributed by atoms with Gasteiger partial charge in [-0.1, -0.05) is 18.2 Å². The lowest BCUT2D eigenvalue weighted by Gasteiger charge is -2.36. The van der Waals surface area contributed by atoms with E-state index in [4.69, 9.17) is 0 Å². The van der Waals surface area contributed by atoms with Gasteiger partial charge in [0, 0.05) is 24.8 Å². The zero-order valence-electron chi connectivity index (χ0n) is 11.9. The zero-order valence-corrected chi connectivity index (χ0v) is 11.9. The Balaban J connectivity index is 1.84. The second-order valence-corrected chi connectivity index (χ2v) is 6.00. The number of benzene rings is 1. The first-order valence-electron chi connectivity index (χ1n) is 7.47. The molecule has 1 aromatic rings. The summed E-state index contributed by atoms with van der Waals surface area (Å²) in [6.45, 7) is 3.37. The molecule has 0 aromatic heterocycles. The van der Waals surface area contributed by atoms with Crippen molar-refractivity contribution in [3.05, 3.63) is 29.8 Å². The van der Waals surface area contributed by atoms with Gasteiger partial charge in [-0.05, 0) is 37.8 Å². The van der Waals surface area contributed by atoms with E-state index >= 15 is 0 Å². The van der Waals surface area contributed by atoms with Crippen molar-refractivity contribution in [2.75, 3.05) is 18.4 Å². The summed E-state index contributed by atoms with van der Waals surface area (Å²) in [4.78, 5) is 14.6. The second-order valence-electron chi connectivity index (χ2n) is 6.00. The van der Waals surface area contributed by atoms with Crippen molar-refractivity contribution < 1.29 is 9.90 Å². The van der Waals surface area contributed by atoms with E-state index < -0.39 is 0 Å². The highest BCUT2D eigenvalue weighted by Crippen LogP contribution is 2.35. The van der Waals surface area contributed by atoms with E-state index in [9.17, 15) is 9.90 Å². The van der Waals surface area contributed by atoms with Gasteiger partial charge < -0.3 is 15.3 Å². The quantitative estimate of drug-likeness (QED) is 0.823. The number of hydrogen-bond donors (Lipinski definition) is 2. The number of amides is 1. The van der Waals surface area contributed by atoms with Gasteiger partial charge in [0.2, 0.25) is 5.91 Å². The number of fused-ring (bicyclic) bond motifs is 1. The minimum Gasteiger partial charge on any atom is -0.391 e. The Morgan fingerprint density at radius 2 is 2.20 bits per heavy atom. The zero-order chi connectivity index (χ0) is 14.1. The third-order valence-corrected chi connectivity index (χ3v) is 4.33. The minimum atomic E-state index is -0.359. The lowest BCUT2D eigenvalue weighted by Crippen LogP contribution is -2.45. The average Bonchev–Trinajstić information content (AvgIpc) is 2.45. The number of likely N-dealkylation sites (tertiary alicyclic amines) is 1. The Hall–Kier alpha value is -1.55. The van der Waals surface area contributed by atoms with Crippen molar-refractivity contribution >= 4 is 11.6 Å². The maximum atomic E-state index is 12.8. The first-order chi connectivity index (χ1) is 9.65. The van der Waals surface area contributed by atoms with Crippen molar-refractivity contribution in [1.82, 2.24) is 4.90 Å². The van der Waals surface area contributed by atoms with Crippen molar-refractivity contribution in [3.8, 4) is 0 Å². The van der Waals surface area contributed by atoms with Gasteiger partial charge in [-0.25, -0.2) is 0 Å². The van der Waals surface area contributed by atoms with Gasteiger partial charge >= 0.3 is 0 Å². The van der Waals surface area contributed by atoms with Gasteiger partial charge in [-0.15, -0.1) is 0 Å². The number of nitrogens with zero attached hydrogens (tertiary/aromatic N) is 1. The molecule has 20 heavy (non-hydrogen) atoms. The summed E-state index contributed by atoms with van der Waals surface area (Å²) >= 11 is 0. The van der Waals surface area contributed by atoms with Gasteiger partial charge in [0.1, 0.15) is 0 Å². The van der Waals surface area contributed by atoms with Crippen LogP contribution in [0.4, 0.5) is 5.69 Å². The highest BCUT2D eigenvalue weighted by molar-refractivity contribution is 5.86. The summed E-state index contributed by atoms with van der Waals surface area (Å²) in [6.07, 6.45) is 2.17. The molecule has 2 aliphatic rings. The number of aliphatic hydroxyl groups is 1. The molecule has 1 aromatic carbocycles. The predicted octanol–water partition coefficient (Wildman–Crippen LogP) is 1.96. The minimum absolute atomic E-state index is 0.0762. The molecule has 0 radical (unpaired) electrons. The van der Waals surface area contributed by atoms with Crippen molar-refractivity contribution in [2.24, 2.45) is 0 Å². The second kappa shape index (κ2) is 5.44. The van der Waals surface area contributed by atoms with Crippen LogP contribution in [0.15, 0.2) is 24.3 Å². The van der Waals surface area contributed by atoms with Gasteiger partial charge in [0.25, 0.3) is 0 Å². The molecule has 2 aliphatic heterocycles. The molecule has 0 spiro atoms. The van der Waals surface area contributed by atoms with Gasteiger partial charge in [0.15, 0.2) is 0 Å². The number of hydrogen-bond acceptors (Lipinski definition) is 3. The number of para-hydroxylation sites is 1. The highest BCUT2D eigenvalue weighted by atomic mass is 16.3. The standard InChI is InChI=1S/C16H22N2O2/c1-11-9-14(13-6-2-3-7-15(13)17-11)16(20)18-8-4-5-12(19)10-18/h2-3,6-7,11-12,14,17,19H,4-5,8-10H2,1H3. The number of rotatable bonds is 1. The van der Waals surface area contributed by atoms with Crippen LogP contribution in [0.1, 0.15) is 37.7 Å². The van der Waals surface area contributed by atoms with Crippen LogP contribution in [-0.2, 0) is 4.79 Å². The first kappa shape index (κ1) is 13.4. The predicted molar refractivity (Wildman–Crippen MR) is 78.7 cm³/mol. The summed E-state index contributed by atoms with van der Waals surface area (Å²) in [5.74, 6) is 0.0947. The first-order valence-corrected chi connectivity index (χ1v) is 7.47. The Labute approximate surface area is 119 Å². The number of nitrogens with one attached hydrogen (secondary N) is 1. The third-order valence-electron chi connectivity index (χ3n) is 4.33. The molecule has 3 atom stereocenters. The molecule has 1 saturated heterocycles. The molecule has 3 unspecified atom stereocenters. The lowest BCUT2D eigenvalue weighted by atomic mass is 9.86. The molecular weight excluding hydrogens is 252 g/mol. The SMILES string of the molecule is CC1CC(C(=O)N2CCCC(O)C2)c2ccccc2N1. The molecule has 0 aliphatic carbocycles. The molecule has 0 saturated carbocycles. The molecular formula is C16H22N2O2. The Bertz CT molecular complexity index is 503. The molecule has 108 valence electrons. The Morgan fingerprint density at radius 1 is 1.40 bits per heavy atom. The lowest BCUT2D eigenvalue weighted by molar-refractivity contribution is -0.136. The van der Waals surface area contributed by atoms with E-state index in [0.717, 1.165) is 37.1 Å². The topological polar surface area (TPSA) is 52.6 Å². The highest BCUT2D eigenvalue weighted by Gasteiger charge is 2.33. The van der Waals surface area contributed by atoms with Crippen LogP contribution < -0.4 is 5.32 Å². The fraction of sp³-hybridized carbons (Fsp3) is 0.562. The van der Waals surface area contributed by atoms with E-state index in [2.05, 4.69) is 12.2 Å². The summed E-state index contributed by atoms with van der Waals surface area (Å²) < 4.78 is 0. The van der Waals surface area contributed by atoms with E-state index in [1.165, 1.54) is 0 Å². The Morgan fingerprint density at radius 3 is 3.00 bits per heavy atom. The number of aliphatic hydroxyl groups excluding tert-OH is 1. The largest absolute Gasteiger partial charge is 0.391 e. The van der Waals surface area contributed by atoms with Crippen molar-refractivity contribution in [2.45, 2.75) is 44.2 Å². The normalized spacial score (nSPS) is 29.5. The van der Waals surface area contributed by atoms with Gasteiger partial charge in [0.05, 0.1) is 12.0 Å². The number of piperidine rings is 1. The number of β-amino-alcohol motifs (C(OH)–C–C–N with tert-alkyl or cyclic N) is 1. The van der Waals surface area contributed by atoms with E-state index in [-0.39, 0.29) is 17.9 Å². The molecule has 2 heterocycles. The molecule has 4 heteroatoms. The van der Waals surface area contributed by atoms with Crippen LogP contribution in [0, 0.1) is 0 Å². The summed E-state index contributed by atoms with van der Waals surface area (Å²) in [5.41, 5.74) is 2.16. The van der Waals surface area contributed by atoms with Crippen LogP contribution in [0.5, 0.6) is 0 Å². The number of carbonyl (C=O) groups excluding carboxylic acids is 1. The average molecular weight is 274 g/mol. The van der Waals surface area contributed by atoms with Crippen LogP contribution >= 0.6 is 0 Å². The summed E-state index contributed by atoms with van der Waals surface area (Å²) in [6, 6.07) is 8.36. The smallest absolute Gasteiger partial charge is 0.230 e. The monoisotopic (exact) mass is 274 g/mol. The van der Waals surface area contributed by atoms with Crippen molar-refractivity contribution in [1.29, 1.82) is 0 Å². The fourth-order valence-corrected chi connectivity index (χ4v) is 3.35. The molecule has 1 fully saturated rings. The van der Waals surface area contributed by atoms with Gasteiger partial charge in [-0.3, -0.25) is 4.79 Å². The molecule has 3 rings (SSSR count). The fourth-order valence-electron chi connectivity index (χ4n) is 3.35. The van der Waals surface area contributed by atoms with E-state index in [1.807, 2.05) is 29.2 Å². The van der Waals surface area contributed by atoms with E-state index in [1.54, 1.807) is 0 Å². The van der Waals surface area contributed by atoms with Crippen LogP contribution in [0.2, 0.25) is 0 Å². The molecule has 0 bridgehead atoms. The maximum absolute atomic E-state index is 12.8. The van der Waals surface area contributed by atoms with Crippen LogP contribution in [0.25, 0.3) is 0 Å². The van der Waals surface area contributed by atoms with Crippen LogP contribution in [-0.4, -0.2) is 41.1 Å². The number of carbonyl (C=O) groups is 1. The van der Waals surface area contributed by atoms with E-state index in [0.29, 0.717) is 12.6 Å². The van der Waals surface area contributed by atoms with Crippen LogP contribution in [0.3, 0.4) is 0 Å². The molecule has 4 nitrogen and oxygen atoms in total. The molecule has 2 N–H and O–H groups in total. The number of anilines is 1. The molecule has 1 amide bonds. The maximum Gasteiger partial charge on any atom is 0.230 e. The third kappa shape index (κ3) is 2.52. The summed E-state index contributed by atoms with van der Waals surface area (Å²) in [5, 5.41) is 13.2. The Kier molecular flexibility index (Phi) is 3.66. The summed E-state index contributed by atoms with van der Waals surface area (Å²) in [7, 11) is 0. The van der Waals surface area contributed by atoms with Gasteiger partial charge in [-0.2, -0.15) is 0 Å².